The van der Waals surface area contributed by atoms with E-state index in [1.807, 2.05) is 126 Å². The molecule has 2 aromatic heterocycles. The lowest BCUT2D eigenvalue weighted by Crippen LogP contribution is -2.71. The molecule has 0 radical (unpaired) electrons. The van der Waals surface area contributed by atoms with Crippen molar-refractivity contribution in [3.8, 4) is 11.3 Å². The Labute approximate surface area is 290 Å². The van der Waals surface area contributed by atoms with Gasteiger partial charge in [0, 0.05) is 42.5 Å². The molecule has 4 aromatic rings. The van der Waals surface area contributed by atoms with Crippen LogP contribution < -0.4 is 11.5 Å². The van der Waals surface area contributed by atoms with Gasteiger partial charge in [-0.3, -0.25) is 14.8 Å². The maximum atomic E-state index is 14.3. The van der Waals surface area contributed by atoms with E-state index in [0.717, 1.165) is 39.3 Å². The molecular formula is C40H50N6O3. The summed E-state index contributed by atoms with van der Waals surface area (Å²) in [5.41, 5.74) is 17.4. The van der Waals surface area contributed by atoms with Crippen LogP contribution in [0.2, 0.25) is 0 Å². The maximum absolute atomic E-state index is 14.3. The van der Waals surface area contributed by atoms with Crippen LogP contribution in [0.25, 0.3) is 11.3 Å². The number of aliphatic hydroxyl groups excluding tert-OH is 1. The minimum Gasteiger partial charge on any atom is -0.393 e. The lowest BCUT2D eigenvalue weighted by molar-refractivity contribution is -0.147. The molecule has 49 heavy (non-hydrogen) atoms. The standard InChI is InChI=1S/C40H50N6O3/c1-27-14-19-35(43-25-27)31-17-15-30(16-18-31)22-32(41)24-36(47)34(23-29-11-7-6-8-12-29)40(37(42)48,39(3,4)5)46-21-20-45(38(46)49)26-33-13-9-10-28(2)44-33/h6-19,25,32,34,36,47H,20-24,26,41H2,1-5H3,(H2,42,48)/t32?,34-,36+,40?/m1/s1. The average molecular weight is 663 g/mol. The molecular weight excluding hydrogens is 612 g/mol. The van der Waals surface area contributed by atoms with Crippen LogP contribution in [0.3, 0.4) is 0 Å². The SMILES string of the molecule is Cc1ccc(-c2ccc(CC(N)C[C@H](O)[C@@H](Cc3ccccc3)C(C(N)=O)(N3CCN(Cc4cccc(C)n4)C3=O)C(C)(C)C)cc2)nc1. The van der Waals surface area contributed by atoms with Crippen molar-refractivity contribution in [2.75, 3.05) is 13.1 Å². The number of carbonyl (C=O) groups excluding carboxylic acids is 2. The van der Waals surface area contributed by atoms with Crippen molar-refractivity contribution in [3.05, 3.63) is 119 Å². The minimum atomic E-state index is -1.53. The summed E-state index contributed by atoms with van der Waals surface area (Å²) < 4.78 is 0. The van der Waals surface area contributed by atoms with Crippen molar-refractivity contribution in [2.24, 2.45) is 22.8 Å². The molecule has 9 nitrogen and oxygen atoms in total. The van der Waals surface area contributed by atoms with E-state index in [9.17, 15) is 14.7 Å². The van der Waals surface area contributed by atoms with Crippen LogP contribution in [0.4, 0.5) is 4.79 Å². The summed E-state index contributed by atoms with van der Waals surface area (Å²) in [5.74, 6) is -1.38. The quantitative estimate of drug-likeness (QED) is 0.174. The Morgan fingerprint density at radius 3 is 2.20 bits per heavy atom. The van der Waals surface area contributed by atoms with Crippen LogP contribution in [0, 0.1) is 25.2 Å². The van der Waals surface area contributed by atoms with Crippen molar-refractivity contribution in [1.29, 1.82) is 0 Å². The predicted octanol–water partition coefficient (Wildman–Crippen LogP) is 5.45. The van der Waals surface area contributed by atoms with Crippen LogP contribution in [-0.4, -0.2) is 67.6 Å². The molecule has 2 unspecified atom stereocenters. The number of urea groups is 1. The summed E-state index contributed by atoms with van der Waals surface area (Å²) in [6.45, 7) is 10.7. The molecule has 2 aromatic carbocycles. The zero-order valence-electron chi connectivity index (χ0n) is 29.3. The van der Waals surface area contributed by atoms with E-state index >= 15 is 0 Å². The van der Waals surface area contributed by atoms with Gasteiger partial charge in [-0.1, -0.05) is 87.5 Å². The van der Waals surface area contributed by atoms with Gasteiger partial charge in [0.2, 0.25) is 5.91 Å². The van der Waals surface area contributed by atoms with Gasteiger partial charge < -0.3 is 26.4 Å². The number of nitrogens with zero attached hydrogens (tertiary/aromatic N) is 4. The fourth-order valence-corrected chi connectivity index (χ4v) is 7.53. The Morgan fingerprint density at radius 2 is 1.59 bits per heavy atom. The normalized spacial score (nSPS) is 16.7. The topological polar surface area (TPSA) is 139 Å². The first-order chi connectivity index (χ1) is 23.3. The number of aromatic nitrogens is 2. The van der Waals surface area contributed by atoms with Gasteiger partial charge in [0.05, 0.1) is 24.0 Å². The molecule has 1 fully saturated rings. The Balaban J connectivity index is 1.43. The van der Waals surface area contributed by atoms with Gasteiger partial charge in [0.25, 0.3) is 0 Å². The summed E-state index contributed by atoms with van der Waals surface area (Å²) in [5, 5.41) is 12.2. The van der Waals surface area contributed by atoms with E-state index in [0.29, 0.717) is 25.9 Å². The zero-order valence-corrected chi connectivity index (χ0v) is 29.3. The number of pyridine rings is 2. The molecule has 0 aliphatic carbocycles. The highest BCUT2D eigenvalue weighted by molar-refractivity contribution is 5.92. The first kappa shape index (κ1) is 35.7. The van der Waals surface area contributed by atoms with E-state index < -0.39 is 34.9 Å². The van der Waals surface area contributed by atoms with Crippen LogP contribution >= 0.6 is 0 Å². The number of carbonyl (C=O) groups is 2. The van der Waals surface area contributed by atoms with Crippen molar-refractivity contribution in [1.82, 2.24) is 19.8 Å². The van der Waals surface area contributed by atoms with Crippen LogP contribution in [0.5, 0.6) is 0 Å². The van der Waals surface area contributed by atoms with Crippen LogP contribution in [0.1, 0.15) is 55.3 Å². The van der Waals surface area contributed by atoms with Gasteiger partial charge >= 0.3 is 6.03 Å². The van der Waals surface area contributed by atoms with Crippen LogP contribution in [0.15, 0.2) is 91.1 Å². The van der Waals surface area contributed by atoms with E-state index in [-0.39, 0.29) is 19.0 Å². The number of nitrogens with two attached hydrogens (primary N) is 2. The highest BCUT2D eigenvalue weighted by atomic mass is 16.3. The fourth-order valence-electron chi connectivity index (χ4n) is 7.53. The Kier molecular flexibility index (Phi) is 10.8. The molecule has 5 N–H and O–H groups in total. The smallest absolute Gasteiger partial charge is 0.321 e. The van der Waals surface area contributed by atoms with E-state index in [1.54, 1.807) is 9.80 Å². The van der Waals surface area contributed by atoms with E-state index in [2.05, 4.69) is 9.97 Å². The lowest BCUT2D eigenvalue weighted by atomic mass is 9.60. The second-order valence-electron chi connectivity index (χ2n) is 14.5. The first-order valence-electron chi connectivity index (χ1n) is 17.1. The van der Waals surface area contributed by atoms with E-state index in [4.69, 9.17) is 11.5 Å². The third-order valence-electron chi connectivity index (χ3n) is 9.84. The molecule has 9 heteroatoms. The number of amides is 3. The number of aryl methyl sites for hydroxylation is 2. The number of rotatable bonds is 13. The first-order valence-corrected chi connectivity index (χ1v) is 17.1. The summed E-state index contributed by atoms with van der Waals surface area (Å²) in [4.78, 5) is 40.8. The van der Waals surface area contributed by atoms with Crippen molar-refractivity contribution < 1.29 is 14.7 Å². The molecule has 258 valence electrons. The lowest BCUT2D eigenvalue weighted by Gasteiger charge is -2.54. The van der Waals surface area contributed by atoms with Crippen LogP contribution in [-0.2, 0) is 24.2 Å². The highest BCUT2D eigenvalue weighted by Gasteiger charge is 2.61. The van der Waals surface area contributed by atoms with Crippen molar-refractivity contribution in [3.63, 3.8) is 0 Å². The van der Waals surface area contributed by atoms with Crippen molar-refractivity contribution in [2.45, 2.75) is 78.1 Å². The summed E-state index contributed by atoms with van der Waals surface area (Å²) in [6.07, 6.45) is 1.87. The van der Waals surface area contributed by atoms with Gasteiger partial charge in [0.15, 0.2) is 0 Å². The molecule has 1 aliphatic rings. The third kappa shape index (κ3) is 7.84. The molecule has 3 heterocycles. The average Bonchev–Trinajstić information content (AvgIpc) is 3.40. The molecule has 5 rings (SSSR count). The van der Waals surface area contributed by atoms with Gasteiger partial charge in [-0.25, -0.2) is 4.79 Å². The molecule has 1 aliphatic heterocycles. The molecule has 0 saturated carbocycles. The predicted molar refractivity (Wildman–Crippen MR) is 193 cm³/mol. The third-order valence-corrected chi connectivity index (χ3v) is 9.84. The zero-order chi connectivity index (χ0) is 35.3. The summed E-state index contributed by atoms with van der Waals surface area (Å²) in [7, 11) is 0. The Morgan fingerprint density at radius 1 is 0.898 bits per heavy atom. The second-order valence-corrected chi connectivity index (χ2v) is 14.5. The monoisotopic (exact) mass is 662 g/mol. The van der Waals surface area contributed by atoms with Gasteiger partial charge in [0.1, 0.15) is 5.54 Å². The number of hydrogen-bond acceptors (Lipinski definition) is 6. The van der Waals surface area contributed by atoms with Crippen molar-refractivity contribution >= 4 is 11.9 Å². The summed E-state index contributed by atoms with van der Waals surface area (Å²) in [6, 6.07) is 26.9. The minimum absolute atomic E-state index is 0.211. The fraction of sp³-hybridized carbons (Fsp3) is 0.400. The number of benzene rings is 2. The second kappa shape index (κ2) is 14.9. The van der Waals surface area contributed by atoms with E-state index in [1.165, 1.54) is 0 Å². The van der Waals surface area contributed by atoms with Gasteiger partial charge in [-0.05, 0) is 73.4 Å². The Hall–Kier alpha value is -4.60. The molecule has 1 saturated heterocycles. The molecule has 4 atom stereocenters. The summed E-state index contributed by atoms with van der Waals surface area (Å²) >= 11 is 0. The molecule has 3 amide bonds. The number of aliphatic hydroxyl groups is 1. The van der Waals surface area contributed by atoms with Gasteiger partial charge in [-0.15, -0.1) is 0 Å². The molecule has 0 bridgehead atoms. The number of hydrogen-bond donors (Lipinski definition) is 3. The highest BCUT2D eigenvalue weighted by Crippen LogP contribution is 2.47. The Bertz CT molecular complexity index is 1720. The largest absolute Gasteiger partial charge is 0.393 e. The van der Waals surface area contributed by atoms with Gasteiger partial charge in [-0.2, -0.15) is 0 Å². The molecule has 0 spiro atoms. The maximum Gasteiger partial charge on any atom is 0.321 e. The number of primary amides is 1.